The molecule has 0 saturated carbocycles. The van der Waals surface area contributed by atoms with Crippen molar-refractivity contribution in [2.45, 2.75) is 0 Å². The lowest BCUT2D eigenvalue weighted by atomic mass is 10.6. The highest BCUT2D eigenvalue weighted by atomic mass is 127. The van der Waals surface area contributed by atoms with Gasteiger partial charge in [0.25, 0.3) is 0 Å². The van der Waals surface area contributed by atoms with Gasteiger partial charge in [-0.05, 0) is 0 Å². The molecule has 7 heavy (non-hydrogen) atoms. The minimum atomic E-state index is 0.850. The molecular formula is C4H11INO+. The Morgan fingerprint density at radius 1 is 1.57 bits per heavy atom. The van der Waals surface area contributed by atoms with Crippen LogP contribution in [0.2, 0.25) is 0 Å². The predicted octanol–water partition coefficient (Wildman–Crippen LogP) is -0.502. The first-order valence-corrected chi connectivity index (χ1v) is 3.18. The van der Waals surface area contributed by atoms with Gasteiger partial charge in [-0.3, -0.25) is 0 Å². The molecule has 0 aliphatic heterocycles. The summed E-state index contributed by atoms with van der Waals surface area (Å²) in [6.07, 6.45) is 0. The lowest BCUT2D eigenvalue weighted by Gasteiger charge is -2.02. The van der Waals surface area contributed by atoms with Crippen LogP contribution in [0.1, 0.15) is 0 Å². The van der Waals surface area contributed by atoms with Crippen LogP contribution in [0.4, 0.5) is 0 Å². The first kappa shape index (κ1) is 7.65. The lowest BCUT2D eigenvalue weighted by molar-refractivity contribution is -0.858. The Hall–Kier alpha value is 0.650. The van der Waals surface area contributed by atoms with E-state index in [9.17, 15) is 0 Å². The molecule has 0 heterocycles. The fraction of sp³-hybridized carbons (Fsp3) is 1.00. The van der Waals surface area contributed by atoms with Crippen LogP contribution >= 0.6 is 23.0 Å². The van der Waals surface area contributed by atoms with Gasteiger partial charge in [0.2, 0.25) is 0 Å². The van der Waals surface area contributed by atoms with Crippen molar-refractivity contribution in [1.82, 2.24) is 0 Å². The summed E-state index contributed by atoms with van der Waals surface area (Å²) in [6, 6.07) is 0. The first-order chi connectivity index (χ1) is 3.27. The smallest absolute Gasteiger partial charge is 0.109 e. The van der Waals surface area contributed by atoms with Crippen LogP contribution in [0.25, 0.3) is 0 Å². The van der Waals surface area contributed by atoms with Crippen LogP contribution in [0.5, 0.6) is 0 Å². The largest absolute Gasteiger partial charge is 0.338 e. The molecule has 0 rings (SSSR count). The van der Waals surface area contributed by atoms with Gasteiger partial charge in [-0.25, -0.2) is 0 Å². The molecule has 0 aromatic carbocycles. The minimum absolute atomic E-state index is 0.850. The topological polar surface area (TPSA) is 13.7 Å². The molecule has 0 bridgehead atoms. The summed E-state index contributed by atoms with van der Waals surface area (Å²) in [7, 11) is 4.21. The zero-order chi connectivity index (χ0) is 5.70. The second-order valence-electron chi connectivity index (χ2n) is 1.77. The van der Waals surface area contributed by atoms with Gasteiger partial charge in [0.05, 0.1) is 14.1 Å². The fourth-order valence-electron chi connectivity index (χ4n) is 0.243. The van der Waals surface area contributed by atoms with Crippen molar-refractivity contribution in [2.75, 3.05) is 27.2 Å². The van der Waals surface area contributed by atoms with Crippen LogP contribution in [0, 0.1) is 0 Å². The summed E-state index contributed by atoms with van der Waals surface area (Å²) in [5, 5.41) is 0. The average Bonchev–Trinajstić information content (AvgIpc) is 1.61. The quantitative estimate of drug-likeness (QED) is 0.628. The standard InChI is InChI=1S/C4H10INO/c1-6(2)3-4-7-5/h3-4H2,1-2H3/p+1. The van der Waals surface area contributed by atoms with Gasteiger partial charge in [-0.1, -0.05) is 0 Å². The second kappa shape index (κ2) is 4.80. The second-order valence-corrected chi connectivity index (χ2v) is 2.39. The van der Waals surface area contributed by atoms with Gasteiger partial charge < -0.3 is 7.97 Å². The molecule has 0 aromatic heterocycles. The summed E-state index contributed by atoms with van der Waals surface area (Å²) in [5.74, 6) is 0. The van der Waals surface area contributed by atoms with Crippen LogP contribution in [-0.2, 0) is 3.07 Å². The van der Waals surface area contributed by atoms with E-state index < -0.39 is 0 Å². The Kier molecular flexibility index (Phi) is 5.25. The molecule has 1 N–H and O–H groups in total. The Morgan fingerprint density at radius 2 is 2.14 bits per heavy atom. The average molecular weight is 216 g/mol. The molecule has 2 nitrogen and oxygen atoms in total. The molecule has 0 aliphatic rings. The van der Waals surface area contributed by atoms with E-state index in [1.807, 2.05) is 23.0 Å². The number of hydrogen-bond acceptors (Lipinski definition) is 1. The highest BCUT2D eigenvalue weighted by Gasteiger charge is 1.88. The number of likely N-dealkylation sites (N-methyl/N-ethyl adjacent to an activating group) is 1. The number of nitrogens with one attached hydrogen (secondary N) is 1. The van der Waals surface area contributed by atoms with Crippen molar-refractivity contribution in [3.63, 3.8) is 0 Å². The number of rotatable bonds is 3. The van der Waals surface area contributed by atoms with Gasteiger partial charge >= 0.3 is 0 Å². The molecule has 0 amide bonds. The van der Waals surface area contributed by atoms with Crippen LogP contribution < -0.4 is 4.90 Å². The fourth-order valence-corrected chi connectivity index (χ4v) is 0.463. The van der Waals surface area contributed by atoms with Gasteiger partial charge in [0, 0.05) is 0 Å². The maximum atomic E-state index is 4.80. The Bertz CT molecular complexity index is 40.7. The van der Waals surface area contributed by atoms with Crippen molar-refractivity contribution in [3.8, 4) is 0 Å². The predicted molar refractivity (Wildman–Crippen MR) is 37.6 cm³/mol. The van der Waals surface area contributed by atoms with E-state index in [1.165, 1.54) is 4.90 Å². The van der Waals surface area contributed by atoms with E-state index in [0.29, 0.717) is 0 Å². The SMILES string of the molecule is C[NH+](C)CCOI. The molecule has 0 atom stereocenters. The molecule has 0 fully saturated rings. The molecule has 3 heteroatoms. The van der Waals surface area contributed by atoms with Crippen molar-refractivity contribution in [3.05, 3.63) is 0 Å². The highest BCUT2D eigenvalue weighted by molar-refractivity contribution is 14.1. The van der Waals surface area contributed by atoms with Crippen molar-refractivity contribution in [2.24, 2.45) is 0 Å². The summed E-state index contributed by atoms with van der Waals surface area (Å²) >= 11 is 1.91. The van der Waals surface area contributed by atoms with Crippen LogP contribution in [-0.4, -0.2) is 27.2 Å². The zero-order valence-corrected chi connectivity index (χ0v) is 6.86. The summed E-state index contributed by atoms with van der Waals surface area (Å²) in [6.45, 7) is 1.94. The summed E-state index contributed by atoms with van der Waals surface area (Å²) in [5.41, 5.74) is 0. The van der Waals surface area contributed by atoms with Gasteiger partial charge in [-0.15, -0.1) is 0 Å². The van der Waals surface area contributed by atoms with Gasteiger partial charge in [-0.2, -0.15) is 0 Å². The van der Waals surface area contributed by atoms with Crippen molar-refractivity contribution < 1.29 is 7.97 Å². The molecule has 0 aliphatic carbocycles. The number of hydrogen-bond donors (Lipinski definition) is 1. The molecule has 44 valence electrons. The summed E-state index contributed by atoms with van der Waals surface area (Å²) < 4.78 is 4.80. The van der Waals surface area contributed by atoms with Crippen molar-refractivity contribution in [1.29, 1.82) is 0 Å². The number of halogens is 1. The number of quaternary nitrogens is 1. The lowest BCUT2D eigenvalue weighted by Crippen LogP contribution is -3.06. The van der Waals surface area contributed by atoms with E-state index in [0.717, 1.165) is 13.2 Å². The van der Waals surface area contributed by atoms with E-state index in [2.05, 4.69) is 14.1 Å². The third-order valence-corrected chi connectivity index (χ3v) is 1.12. The normalized spacial score (nSPS) is 10.3. The van der Waals surface area contributed by atoms with Gasteiger partial charge in [0.15, 0.2) is 0 Å². The van der Waals surface area contributed by atoms with Crippen molar-refractivity contribution >= 4 is 23.0 Å². The Balaban J connectivity index is 2.68. The van der Waals surface area contributed by atoms with E-state index in [-0.39, 0.29) is 0 Å². The molecule has 0 aromatic rings. The Morgan fingerprint density at radius 3 is 2.29 bits per heavy atom. The summed E-state index contributed by atoms with van der Waals surface area (Å²) in [4.78, 5) is 1.43. The third kappa shape index (κ3) is 6.65. The first-order valence-electron chi connectivity index (χ1n) is 2.30. The zero-order valence-electron chi connectivity index (χ0n) is 4.70. The van der Waals surface area contributed by atoms with Crippen LogP contribution in [0.3, 0.4) is 0 Å². The Labute approximate surface area is 58.5 Å². The molecule has 0 saturated heterocycles. The van der Waals surface area contributed by atoms with Crippen LogP contribution in [0.15, 0.2) is 0 Å². The molecule has 0 unspecified atom stereocenters. The monoisotopic (exact) mass is 216 g/mol. The van der Waals surface area contributed by atoms with E-state index in [4.69, 9.17) is 3.07 Å². The molecule has 0 radical (unpaired) electrons. The maximum absolute atomic E-state index is 4.80. The molecule has 0 spiro atoms. The molecular weight excluding hydrogens is 205 g/mol. The third-order valence-electron chi connectivity index (χ3n) is 0.679. The van der Waals surface area contributed by atoms with E-state index >= 15 is 0 Å². The maximum Gasteiger partial charge on any atom is 0.109 e. The van der Waals surface area contributed by atoms with E-state index in [1.54, 1.807) is 0 Å². The highest BCUT2D eigenvalue weighted by Crippen LogP contribution is 1.78. The van der Waals surface area contributed by atoms with Gasteiger partial charge in [0.1, 0.15) is 36.2 Å². The minimum Gasteiger partial charge on any atom is -0.338 e.